The minimum absolute atomic E-state index is 0.0149. The molecule has 1 saturated heterocycles. The predicted molar refractivity (Wildman–Crippen MR) is 151 cm³/mol. The van der Waals surface area contributed by atoms with E-state index < -0.39 is 8.32 Å². The summed E-state index contributed by atoms with van der Waals surface area (Å²) < 4.78 is 23.0. The van der Waals surface area contributed by atoms with Crippen LogP contribution >= 0.6 is 0 Å². The lowest BCUT2D eigenvalue weighted by molar-refractivity contribution is -0.0196. The Morgan fingerprint density at radius 1 is 1.10 bits per heavy atom. The summed E-state index contributed by atoms with van der Waals surface area (Å²) >= 11 is 0. The lowest BCUT2D eigenvalue weighted by atomic mass is 9.99. The molecule has 1 N–H and O–H groups in total. The number of carbonyl (C=O) groups is 2. The zero-order chi connectivity index (χ0) is 28.4. The van der Waals surface area contributed by atoms with Crippen molar-refractivity contribution in [2.75, 3.05) is 27.4 Å². The van der Waals surface area contributed by atoms with Crippen LogP contribution in [-0.2, 0) is 9.16 Å². The van der Waals surface area contributed by atoms with Gasteiger partial charge in [-0.15, -0.1) is 0 Å². The Bertz CT molecular complexity index is 1350. The summed E-state index contributed by atoms with van der Waals surface area (Å²) in [5.41, 5.74) is 1.25. The number of aromatic nitrogens is 2. The van der Waals surface area contributed by atoms with Crippen molar-refractivity contribution in [2.24, 2.45) is 0 Å². The summed E-state index contributed by atoms with van der Waals surface area (Å²) in [6, 6.07) is 9.88. The van der Waals surface area contributed by atoms with E-state index in [1.54, 1.807) is 30.3 Å². The van der Waals surface area contributed by atoms with Crippen LogP contribution in [0.3, 0.4) is 0 Å². The number of hydrogen-bond acceptors (Lipinski definition) is 8. The number of methoxy groups -OCH3 is 2. The van der Waals surface area contributed by atoms with Crippen LogP contribution in [0.1, 0.15) is 53.6 Å². The SMILES string of the molecule is COc1ccc(C(=O)c2cc(C(=O)N[C@H]3CCOC[C@@H]3O[Si](C)(C)C(C)(C)C)nc3c(OC)cccc23)cn1. The highest BCUT2D eigenvalue weighted by molar-refractivity contribution is 6.74. The maximum absolute atomic E-state index is 13.6. The molecule has 0 radical (unpaired) electrons. The third-order valence-electron chi connectivity index (χ3n) is 7.58. The van der Waals surface area contributed by atoms with Crippen LogP contribution in [-0.4, -0.2) is 69.6 Å². The smallest absolute Gasteiger partial charge is 0.270 e. The summed E-state index contributed by atoms with van der Waals surface area (Å²) in [5.74, 6) is 0.193. The Morgan fingerprint density at radius 3 is 2.51 bits per heavy atom. The number of pyridine rings is 2. The molecule has 3 heterocycles. The van der Waals surface area contributed by atoms with Crippen molar-refractivity contribution >= 4 is 30.9 Å². The van der Waals surface area contributed by atoms with Crippen LogP contribution in [0.25, 0.3) is 10.9 Å². The Kier molecular flexibility index (Phi) is 8.39. The van der Waals surface area contributed by atoms with E-state index >= 15 is 0 Å². The zero-order valence-electron chi connectivity index (χ0n) is 23.7. The molecule has 4 rings (SSSR count). The Morgan fingerprint density at radius 2 is 1.87 bits per heavy atom. The molecule has 1 aliphatic heterocycles. The third-order valence-corrected chi connectivity index (χ3v) is 12.1. The van der Waals surface area contributed by atoms with Crippen LogP contribution in [0.5, 0.6) is 11.6 Å². The van der Waals surface area contributed by atoms with E-state index in [9.17, 15) is 9.59 Å². The number of nitrogens with one attached hydrogen (secondary N) is 1. The van der Waals surface area contributed by atoms with Gasteiger partial charge in [-0.05, 0) is 42.8 Å². The van der Waals surface area contributed by atoms with Crippen molar-refractivity contribution in [3.05, 3.63) is 59.4 Å². The van der Waals surface area contributed by atoms with Gasteiger partial charge >= 0.3 is 0 Å². The Hall–Kier alpha value is -3.34. The van der Waals surface area contributed by atoms with Crippen molar-refractivity contribution in [3.63, 3.8) is 0 Å². The van der Waals surface area contributed by atoms with Gasteiger partial charge in [0.15, 0.2) is 14.1 Å². The maximum atomic E-state index is 13.6. The molecule has 0 bridgehead atoms. The highest BCUT2D eigenvalue weighted by atomic mass is 28.4. The standard InChI is InChI=1S/C29H37N3O6Si/c1-29(2,3)39(6,7)38-24-17-37-14-13-21(24)32-28(34)22-15-20(19-9-8-10-23(35-4)26(19)31-22)27(33)18-11-12-25(36-5)30-16-18/h8-12,15-16,21,24H,13-14,17H2,1-7H3,(H,32,34)/t21-,24-/m0/s1. The maximum Gasteiger partial charge on any atom is 0.270 e. The van der Waals surface area contributed by atoms with E-state index in [0.717, 1.165) is 0 Å². The molecule has 0 saturated carbocycles. The van der Waals surface area contributed by atoms with Crippen molar-refractivity contribution in [3.8, 4) is 11.6 Å². The Balaban J connectivity index is 1.69. The Labute approximate surface area is 230 Å². The van der Waals surface area contributed by atoms with Crippen LogP contribution in [0.4, 0.5) is 0 Å². The normalized spacial score (nSPS) is 18.0. The number of carbonyl (C=O) groups excluding carboxylic acids is 2. The number of ketones is 1. The van der Waals surface area contributed by atoms with E-state index in [2.05, 4.69) is 49.1 Å². The van der Waals surface area contributed by atoms with E-state index in [-0.39, 0.29) is 34.6 Å². The van der Waals surface area contributed by atoms with Gasteiger partial charge in [-0.2, -0.15) is 0 Å². The first-order valence-corrected chi connectivity index (χ1v) is 15.9. The monoisotopic (exact) mass is 551 g/mol. The van der Waals surface area contributed by atoms with Gasteiger partial charge in [-0.25, -0.2) is 9.97 Å². The molecule has 0 unspecified atom stereocenters. The second-order valence-electron chi connectivity index (χ2n) is 11.2. The van der Waals surface area contributed by atoms with Crippen LogP contribution in [0.2, 0.25) is 18.1 Å². The van der Waals surface area contributed by atoms with Crippen LogP contribution in [0.15, 0.2) is 42.6 Å². The topological polar surface area (TPSA) is 109 Å². The summed E-state index contributed by atoms with van der Waals surface area (Å²) in [5, 5.41) is 3.71. The van der Waals surface area contributed by atoms with E-state index in [0.29, 0.717) is 53.3 Å². The van der Waals surface area contributed by atoms with Crippen LogP contribution in [0, 0.1) is 0 Å². The molecule has 39 heavy (non-hydrogen) atoms. The third kappa shape index (κ3) is 6.13. The number of nitrogens with zero attached hydrogens (tertiary/aromatic N) is 2. The molecule has 208 valence electrons. The molecule has 2 atom stereocenters. The summed E-state index contributed by atoms with van der Waals surface area (Å²) in [6.45, 7) is 11.8. The van der Waals surface area contributed by atoms with Gasteiger partial charge in [0.05, 0.1) is 33.0 Å². The summed E-state index contributed by atoms with van der Waals surface area (Å²) in [6.07, 6.45) is 1.80. The molecule has 10 heteroatoms. The number of amides is 1. The van der Waals surface area contributed by atoms with E-state index in [1.807, 2.05) is 0 Å². The van der Waals surface area contributed by atoms with Gasteiger partial charge in [0, 0.05) is 35.4 Å². The molecule has 9 nitrogen and oxygen atoms in total. The first kappa shape index (κ1) is 28.7. The number of hydrogen-bond donors (Lipinski definition) is 1. The van der Waals surface area contributed by atoms with Gasteiger partial charge in [0.25, 0.3) is 5.91 Å². The highest BCUT2D eigenvalue weighted by Gasteiger charge is 2.42. The zero-order valence-corrected chi connectivity index (χ0v) is 24.7. The first-order chi connectivity index (χ1) is 18.4. The average molecular weight is 552 g/mol. The highest BCUT2D eigenvalue weighted by Crippen LogP contribution is 2.38. The fraction of sp³-hybridized carbons (Fsp3) is 0.448. The molecule has 0 aliphatic carbocycles. The fourth-order valence-electron chi connectivity index (χ4n) is 4.27. The van der Waals surface area contributed by atoms with Crippen molar-refractivity contribution in [1.29, 1.82) is 0 Å². The molecule has 2 aromatic heterocycles. The van der Waals surface area contributed by atoms with Crippen molar-refractivity contribution in [1.82, 2.24) is 15.3 Å². The molecule has 1 amide bonds. The molecule has 1 fully saturated rings. The summed E-state index contributed by atoms with van der Waals surface area (Å²) in [4.78, 5) is 36.0. The van der Waals surface area contributed by atoms with Gasteiger partial charge in [-0.3, -0.25) is 9.59 Å². The number of rotatable bonds is 8. The molecule has 0 spiro atoms. The fourth-order valence-corrected chi connectivity index (χ4v) is 5.62. The molecular weight excluding hydrogens is 514 g/mol. The molecule has 1 aliphatic rings. The van der Waals surface area contributed by atoms with Gasteiger partial charge in [0.1, 0.15) is 17.0 Å². The van der Waals surface area contributed by atoms with Gasteiger partial charge in [-0.1, -0.05) is 32.9 Å². The molecule has 3 aromatic rings. The lowest BCUT2D eigenvalue weighted by Crippen LogP contribution is -2.55. The minimum atomic E-state index is -2.10. The predicted octanol–water partition coefficient (Wildman–Crippen LogP) is 4.79. The lowest BCUT2D eigenvalue weighted by Gasteiger charge is -2.42. The molecular formula is C29H37N3O6Si. The van der Waals surface area contributed by atoms with Gasteiger partial charge < -0.3 is 24.0 Å². The summed E-state index contributed by atoms with van der Waals surface area (Å²) in [7, 11) is 0.938. The minimum Gasteiger partial charge on any atom is -0.494 e. The molecule has 1 aromatic carbocycles. The number of fused-ring (bicyclic) bond motifs is 1. The number of para-hydroxylation sites is 1. The first-order valence-electron chi connectivity index (χ1n) is 13.0. The second-order valence-corrected chi connectivity index (χ2v) is 15.9. The van der Waals surface area contributed by atoms with E-state index in [4.69, 9.17) is 18.6 Å². The van der Waals surface area contributed by atoms with E-state index in [1.165, 1.54) is 26.5 Å². The van der Waals surface area contributed by atoms with Gasteiger partial charge in [0.2, 0.25) is 5.88 Å². The number of benzene rings is 1. The van der Waals surface area contributed by atoms with Crippen molar-refractivity contribution in [2.45, 2.75) is 57.5 Å². The van der Waals surface area contributed by atoms with Crippen LogP contribution < -0.4 is 14.8 Å². The second kappa shape index (κ2) is 11.4. The number of ether oxygens (including phenoxy) is 3. The average Bonchev–Trinajstić information content (AvgIpc) is 2.92. The van der Waals surface area contributed by atoms with Crippen molar-refractivity contribution < 1.29 is 28.2 Å². The quantitative estimate of drug-likeness (QED) is 0.315. The largest absolute Gasteiger partial charge is 0.494 e.